The molecule has 3 fully saturated rings. The number of aromatic nitrogens is 2. The van der Waals surface area contributed by atoms with Crippen LogP contribution in [0.4, 0.5) is 5.82 Å². The number of carbonyl (C=O) groups excluding carboxylic acids is 1. The van der Waals surface area contributed by atoms with Gasteiger partial charge in [0.1, 0.15) is 5.82 Å². The highest BCUT2D eigenvalue weighted by Crippen LogP contribution is 2.41. The van der Waals surface area contributed by atoms with Crippen LogP contribution in [-0.4, -0.2) is 66.6 Å². The predicted octanol–water partition coefficient (Wildman–Crippen LogP) is 5.72. The van der Waals surface area contributed by atoms with Crippen molar-refractivity contribution < 1.29 is 19.0 Å². The third-order valence-electron chi connectivity index (χ3n) is 9.06. The van der Waals surface area contributed by atoms with Crippen molar-refractivity contribution >= 4 is 23.4 Å². The number of nitrogens with zero attached hydrogens (tertiary/aromatic N) is 3. The minimum atomic E-state index is -0.702. The number of nitrogens with one attached hydrogen (secondary N) is 2. The standard InChI is InChI=1S/C33H44ClN5O4/c1-3-42-31(40)33(11-12-33)43-20-23(2)38-25-9-7-24(8-10-25)17-26-18-27(28(34)19-36-26)29-5-4-6-30(39-29)37-22-32(21-35)13-15-41-16-14-32/h4-6,18-19,23-25,38H,3,7-17,20,22H2,1-2H3,(H,37,39). The lowest BCUT2D eigenvalue weighted by Gasteiger charge is -2.31. The molecule has 1 aliphatic heterocycles. The third kappa shape index (κ3) is 8.24. The second-order valence-corrected chi connectivity index (χ2v) is 12.8. The highest BCUT2D eigenvalue weighted by Gasteiger charge is 2.53. The first-order valence-corrected chi connectivity index (χ1v) is 16.1. The smallest absolute Gasteiger partial charge is 0.338 e. The first-order chi connectivity index (χ1) is 20.8. The van der Waals surface area contributed by atoms with E-state index in [4.69, 9.17) is 30.8 Å². The van der Waals surface area contributed by atoms with Crippen molar-refractivity contribution in [3.05, 3.63) is 41.2 Å². The molecule has 0 amide bonds. The molecule has 0 spiro atoms. The van der Waals surface area contributed by atoms with Crippen molar-refractivity contribution in [3.8, 4) is 17.3 Å². The molecule has 2 N–H and O–H groups in total. The van der Waals surface area contributed by atoms with E-state index in [0.29, 0.717) is 50.0 Å². The van der Waals surface area contributed by atoms with E-state index in [1.54, 1.807) is 6.20 Å². The van der Waals surface area contributed by atoms with Crippen molar-refractivity contribution in [1.82, 2.24) is 15.3 Å². The molecule has 10 heteroatoms. The molecule has 2 aliphatic carbocycles. The van der Waals surface area contributed by atoms with Crippen LogP contribution < -0.4 is 10.6 Å². The van der Waals surface area contributed by atoms with Gasteiger partial charge < -0.3 is 24.8 Å². The lowest BCUT2D eigenvalue weighted by Crippen LogP contribution is -2.43. The maximum Gasteiger partial charge on any atom is 0.338 e. The topological polar surface area (TPSA) is 118 Å². The van der Waals surface area contributed by atoms with E-state index in [1.807, 2.05) is 25.1 Å². The maximum atomic E-state index is 12.2. The Labute approximate surface area is 260 Å². The fraction of sp³-hybridized carbons (Fsp3) is 0.636. The Morgan fingerprint density at radius 1 is 1.21 bits per heavy atom. The van der Waals surface area contributed by atoms with E-state index in [2.05, 4.69) is 34.7 Å². The van der Waals surface area contributed by atoms with Crippen LogP contribution in [0.15, 0.2) is 30.5 Å². The number of halogens is 1. The summed E-state index contributed by atoms with van der Waals surface area (Å²) >= 11 is 6.60. The zero-order valence-corrected chi connectivity index (χ0v) is 26.1. The molecule has 2 saturated carbocycles. The normalized spacial score (nSPS) is 23.1. The highest BCUT2D eigenvalue weighted by atomic mass is 35.5. The van der Waals surface area contributed by atoms with Gasteiger partial charge in [0.05, 0.1) is 35.4 Å². The Balaban J connectivity index is 1.11. The Kier molecular flexibility index (Phi) is 10.6. The van der Waals surface area contributed by atoms with Crippen LogP contribution in [0.3, 0.4) is 0 Å². The molecular weight excluding hydrogens is 566 g/mol. The predicted molar refractivity (Wildman–Crippen MR) is 166 cm³/mol. The molecular formula is C33H44ClN5O4. The van der Waals surface area contributed by atoms with Crippen molar-refractivity contribution in [1.29, 1.82) is 5.26 Å². The minimum absolute atomic E-state index is 0.175. The summed E-state index contributed by atoms with van der Waals surface area (Å²) in [5.41, 5.74) is 1.55. The summed E-state index contributed by atoms with van der Waals surface area (Å²) in [6.45, 7) is 6.61. The highest BCUT2D eigenvalue weighted by molar-refractivity contribution is 6.33. The van der Waals surface area contributed by atoms with Gasteiger partial charge in [-0.05, 0) is 95.8 Å². The maximum absolute atomic E-state index is 12.2. The Bertz CT molecular complexity index is 1280. The molecule has 3 aliphatic rings. The number of esters is 1. The number of hydrogen-bond donors (Lipinski definition) is 2. The Hall–Kier alpha value is -2.77. The van der Waals surface area contributed by atoms with Crippen molar-refractivity contribution in [2.75, 3.05) is 38.3 Å². The summed E-state index contributed by atoms with van der Waals surface area (Å²) in [5, 5.41) is 17.4. The first kappa shape index (κ1) is 31.6. The summed E-state index contributed by atoms with van der Waals surface area (Å²) in [6, 6.07) is 11.0. The van der Waals surface area contributed by atoms with Crippen LogP contribution in [-0.2, 0) is 25.4 Å². The summed E-state index contributed by atoms with van der Waals surface area (Å²) in [5.74, 6) is 1.07. The molecule has 9 nitrogen and oxygen atoms in total. The van der Waals surface area contributed by atoms with Crippen LogP contribution in [0, 0.1) is 22.7 Å². The van der Waals surface area contributed by atoms with E-state index in [-0.39, 0.29) is 12.0 Å². The summed E-state index contributed by atoms with van der Waals surface area (Å²) in [6.07, 6.45) is 10.0. The zero-order valence-electron chi connectivity index (χ0n) is 25.4. The summed E-state index contributed by atoms with van der Waals surface area (Å²) < 4.78 is 16.6. The Morgan fingerprint density at radius 2 is 1.98 bits per heavy atom. The monoisotopic (exact) mass is 609 g/mol. The second-order valence-electron chi connectivity index (χ2n) is 12.4. The van der Waals surface area contributed by atoms with Gasteiger partial charge in [-0.25, -0.2) is 9.78 Å². The van der Waals surface area contributed by atoms with Gasteiger partial charge in [-0.1, -0.05) is 17.7 Å². The molecule has 232 valence electrons. The van der Waals surface area contributed by atoms with E-state index in [0.717, 1.165) is 80.6 Å². The lowest BCUT2D eigenvalue weighted by atomic mass is 9.82. The number of rotatable bonds is 13. The van der Waals surface area contributed by atoms with E-state index in [9.17, 15) is 10.1 Å². The average molecular weight is 610 g/mol. The molecule has 1 saturated heterocycles. The quantitative estimate of drug-likeness (QED) is 0.275. The van der Waals surface area contributed by atoms with E-state index < -0.39 is 11.0 Å². The van der Waals surface area contributed by atoms with Gasteiger partial charge in [0.15, 0.2) is 5.60 Å². The number of pyridine rings is 2. The fourth-order valence-corrected chi connectivity index (χ4v) is 6.37. The van der Waals surface area contributed by atoms with Crippen LogP contribution in [0.25, 0.3) is 11.3 Å². The fourth-order valence-electron chi connectivity index (χ4n) is 6.17. The summed E-state index contributed by atoms with van der Waals surface area (Å²) in [7, 11) is 0. The van der Waals surface area contributed by atoms with Gasteiger partial charge in [0, 0.05) is 49.3 Å². The zero-order chi connectivity index (χ0) is 30.3. The Morgan fingerprint density at radius 3 is 2.67 bits per heavy atom. The minimum Gasteiger partial charge on any atom is -0.464 e. The third-order valence-corrected chi connectivity index (χ3v) is 9.36. The number of carbonyl (C=O) groups is 1. The molecule has 3 heterocycles. The second kappa shape index (κ2) is 14.3. The molecule has 2 aromatic heterocycles. The molecule has 0 bridgehead atoms. The number of ether oxygens (including phenoxy) is 3. The van der Waals surface area contributed by atoms with Crippen LogP contribution >= 0.6 is 11.6 Å². The number of hydrogen-bond acceptors (Lipinski definition) is 9. The van der Waals surface area contributed by atoms with Gasteiger partial charge in [-0.3, -0.25) is 4.98 Å². The molecule has 1 unspecified atom stereocenters. The van der Waals surface area contributed by atoms with Gasteiger partial charge in [-0.2, -0.15) is 5.26 Å². The average Bonchev–Trinajstić information content (AvgIpc) is 3.83. The molecule has 1 atom stereocenters. The van der Waals surface area contributed by atoms with Gasteiger partial charge >= 0.3 is 5.97 Å². The first-order valence-electron chi connectivity index (χ1n) is 15.8. The van der Waals surface area contributed by atoms with E-state index >= 15 is 0 Å². The largest absolute Gasteiger partial charge is 0.464 e. The SMILES string of the molecule is CCOC(=O)C1(OCC(C)NC2CCC(Cc3cc(-c4cccc(NCC5(C#N)CCOCC5)n4)c(Cl)cn3)CC2)CC1. The van der Waals surface area contributed by atoms with Gasteiger partial charge in [0.25, 0.3) is 0 Å². The molecule has 43 heavy (non-hydrogen) atoms. The van der Waals surface area contributed by atoms with Crippen molar-refractivity contribution in [2.24, 2.45) is 11.3 Å². The van der Waals surface area contributed by atoms with Crippen LogP contribution in [0.1, 0.15) is 70.9 Å². The molecule has 2 aromatic rings. The summed E-state index contributed by atoms with van der Waals surface area (Å²) in [4.78, 5) is 21.6. The molecule has 0 aromatic carbocycles. The van der Waals surface area contributed by atoms with E-state index in [1.165, 1.54) is 0 Å². The molecule has 0 radical (unpaired) electrons. The van der Waals surface area contributed by atoms with Crippen molar-refractivity contribution in [2.45, 2.75) is 89.3 Å². The lowest BCUT2D eigenvalue weighted by molar-refractivity contribution is -0.160. The van der Waals surface area contributed by atoms with Gasteiger partial charge in [-0.15, -0.1) is 0 Å². The van der Waals surface area contributed by atoms with Gasteiger partial charge in [0.2, 0.25) is 0 Å². The van der Waals surface area contributed by atoms with Crippen molar-refractivity contribution in [3.63, 3.8) is 0 Å². The number of anilines is 1. The number of nitriles is 1. The van der Waals surface area contributed by atoms with Crippen LogP contribution in [0.2, 0.25) is 5.02 Å². The molecule has 5 rings (SSSR count). The van der Waals surface area contributed by atoms with Crippen LogP contribution in [0.5, 0.6) is 0 Å².